The number of rotatable bonds is 7. The standard InChI is InChI=1S/C20H19N3O4S/c1-25-15-7-9-16(10-8-15)27-13-18-21-22-20(28-17-11-12-26-19(17)24)23(18)14-5-3-2-4-6-14/h2-10,17H,11-13H2,1H3/t17-/m0/s1. The number of esters is 1. The molecule has 0 bridgehead atoms. The molecule has 4 rings (SSSR count). The SMILES string of the molecule is COc1ccc(OCc2nnc(S[C@H]3CCOC3=O)n2-c2ccccc2)cc1. The molecule has 1 aliphatic heterocycles. The first-order chi connectivity index (χ1) is 13.7. The van der Waals surface area contributed by atoms with E-state index in [4.69, 9.17) is 14.2 Å². The maximum absolute atomic E-state index is 11.9. The molecule has 0 aliphatic carbocycles. The number of ether oxygens (including phenoxy) is 3. The lowest BCUT2D eigenvalue weighted by atomic mass is 10.3. The van der Waals surface area contributed by atoms with Crippen molar-refractivity contribution in [2.75, 3.05) is 13.7 Å². The number of carbonyl (C=O) groups excluding carboxylic acids is 1. The van der Waals surface area contributed by atoms with Gasteiger partial charge in [0.2, 0.25) is 0 Å². The van der Waals surface area contributed by atoms with Crippen molar-refractivity contribution in [1.29, 1.82) is 0 Å². The average Bonchev–Trinajstić information content (AvgIpc) is 3.33. The Labute approximate surface area is 166 Å². The number of aromatic nitrogens is 3. The van der Waals surface area contributed by atoms with Gasteiger partial charge >= 0.3 is 5.97 Å². The molecule has 3 aromatic rings. The number of nitrogens with zero attached hydrogens (tertiary/aromatic N) is 3. The summed E-state index contributed by atoms with van der Waals surface area (Å²) < 4.78 is 18.0. The Balaban J connectivity index is 1.58. The molecule has 0 unspecified atom stereocenters. The van der Waals surface area contributed by atoms with Crippen molar-refractivity contribution >= 4 is 17.7 Å². The second-order valence-electron chi connectivity index (χ2n) is 6.10. The molecule has 8 heteroatoms. The third kappa shape index (κ3) is 3.96. The predicted octanol–water partition coefficient (Wildman–Crippen LogP) is 3.26. The summed E-state index contributed by atoms with van der Waals surface area (Å²) >= 11 is 1.37. The lowest BCUT2D eigenvalue weighted by Crippen LogP contribution is -2.12. The molecule has 0 saturated carbocycles. The van der Waals surface area contributed by atoms with Crippen LogP contribution in [0.3, 0.4) is 0 Å². The molecule has 0 N–H and O–H groups in total. The van der Waals surface area contributed by atoms with Gasteiger partial charge in [0.1, 0.15) is 23.4 Å². The summed E-state index contributed by atoms with van der Waals surface area (Å²) in [6, 6.07) is 17.1. The number of carbonyl (C=O) groups is 1. The van der Waals surface area contributed by atoms with Crippen molar-refractivity contribution in [3.63, 3.8) is 0 Å². The zero-order valence-corrected chi connectivity index (χ0v) is 16.1. The van der Waals surface area contributed by atoms with E-state index < -0.39 is 0 Å². The first kappa shape index (κ1) is 18.4. The molecule has 144 valence electrons. The first-order valence-corrected chi connectivity index (χ1v) is 9.72. The second kappa shape index (κ2) is 8.35. The number of thioether (sulfide) groups is 1. The maximum atomic E-state index is 11.9. The molecule has 1 fully saturated rings. The van der Waals surface area contributed by atoms with Crippen LogP contribution in [0.15, 0.2) is 59.8 Å². The number of para-hydroxylation sites is 1. The van der Waals surface area contributed by atoms with Crippen molar-refractivity contribution in [3.8, 4) is 17.2 Å². The van der Waals surface area contributed by atoms with Gasteiger partial charge in [-0.1, -0.05) is 30.0 Å². The van der Waals surface area contributed by atoms with Crippen LogP contribution in [0.5, 0.6) is 11.5 Å². The van der Waals surface area contributed by atoms with E-state index in [9.17, 15) is 4.79 Å². The van der Waals surface area contributed by atoms with Crippen LogP contribution in [0.25, 0.3) is 5.69 Å². The van der Waals surface area contributed by atoms with Crippen molar-refractivity contribution < 1.29 is 19.0 Å². The molecule has 1 atom stereocenters. The van der Waals surface area contributed by atoms with E-state index in [1.807, 2.05) is 59.2 Å². The molecule has 2 aromatic carbocycles. The average molecular weight is 397 g/mol. The molecule has 28 heavy (non-hydrogen) atoms. The van der Waals surface area contributed by atoms with Gasteiger partial charge in [0.25, 0.3) is 0 Å². The van der Waals surface area contributed by atoms with Gasteiger partial charge in [-0.25, -0.2) is 0 Å². The number of benzene rings is 2. The van der Waals surface area contributed by atoms with Gasteiger partial charge in [-0.3, -0.25) is 9.36 Å². The Morgan fingerprint density at radius 2 is 1.86 bits per heavy atom. The molecular weight excluding hydrogens is 378 g/mol. The molecule has 1 aromatic heterocycles. The van der Waals surface area contributed by atoms with Gasteiger partial charge in [0.05, 0.1) is 13.7 Å². The van der Waals surface area contributed by atoms with Crippen LogP contribution in [-0.2, 0) is 16.1 Å². The van der Waals surface area contributed by atoms with Gasteiger partial charge in [-0.2, -0.15) is 0 Å². The maximum Gasteiger partial charge on any atom is 0.319 e. The highest BCUT2D eigenvalue weighted by Gasteiger charge is 2.30. The van der Waals surface area contributed by atoms with Crippen LogP contribution < -0.4 is 9.47 Å². The molecular formula is C20H19N3O4S. The lowest BCUT2D eigenvalue weighted by molar-refractivity contribution is -0.137. The van der Waals surface area contributed by atoms with Crippen LogP contribution >= 0.6 is 11.8 Å². The first-order valence-electron chi connectivity index (χ1n) is 8.84. The van der Waals surface area contributed by atoms with Crippen molar-refractivity contribution in [3.05, 3.63) is 60.4 Å². The van der Waals surface area contributed by atoms with E-state index in [-0.39, 0.29) is 17.8 Å². The lowest BCUT2D eigenvalue weighted by Gasteiger charge is -2.12. The summed E-state index contributed by atoms with van der Waals surface area (Å²) in [6.45, 7) is 0.688. The van der Waals surface area contributed by atoms with E-state index >= 15 is 0 Å². The topological polar surface area (TPSA) is 75.5 Å². The highest BCUT2D eigenvalue weighted by atomic mass is 32.2. The van der Waals surface area contributed by atoms with Crippen LogP contribution in [0, 0.1) is 0 Å². The molecule has 0 radical (unpaired) electrons. The van der Waals surface area contributed by atoms with Crippen molar-refractivity contribution in [1.82, 2.24) is 14.8 Å². The van der Waals surface area contributed by atoms with Crippen LogP contribution in [0.1, 0.15) is 12.2 Å². The minimum atomic E-state index is -0.262. The van der Waals surface area contributed by atoms with E-state index in [0.29, 0.717) is 29.8 Å². The summed E-state index contributed by atoms with van der Waals surface area (Å²) in [5.41, 5.74) is 0.912. The monoisotopic (exact) mass is 397 g/mol. The quantitative estimate of drug-likeness (QED) is 0.567. The van der Waals surface area contributed by atoms with Gasteiger partial charge in [-0.15, -0.1) is 10.2 Å². The Kier molecular flexibility index (Phi) is 5.48. The fraction of sp³-hybridized carbons (Fsp3) is 0.250. The predicted molar refractivity (Wildman–Crippen MR) is 104 cm³/mol. The number of hydrogen-bond donors (Lipinski definition) is 0. The molecule has 1 saturated heterocycles. The zero-order chi connectivity index (χ0) is 19.3. The molecule has 2 heterocycles. The summed E-state index contributed by atoms with van der Waals surface area (Å²) in [7, 11) is 1.62. The smallest absolute Gasteiger partial charge is 0.319 e. The summed E-state index contributed by atoms with van der Waals surface area (Å²) in [4.78, 5) is 11.9. The van der Waals surface area contributed by atoms with Gasteiger partial charge in [0, 0.05) is 12.1 Å². The normalized spacial score (nSPS) is 16.0. The van der Waals surface area contributed by atoms with Crippen molar-refractivity contribution in [2.24, 2.45) is 0 Å². The van der Waals surface area contributed by atoms with E-state index in [1.165, 1.54) is 11.8 Å². The van der Waals surface area contributed by atoms with Crippen LogP contribution in [-0.4, -0.2) is 39.7 Å². The highest BCUT2D eigenvalue weighted by molar-refractivity contribution is 8.00. The van der Waals surface area contributed by atoms with Crippen LogP contribution in [0.2, 0.25) is 0 Å². The number of methoxy groups -OCH3 is 1. The molecule has 0 amide bonds. The Morgan fingerprint density at radius 1 is 1.11 bits per heavy atom. The van der Waals surface area contributed by atoms with Gasteiger partial charge < -0.3 is 14.2 Å². The third-order valence-electron chi connectivity index (χ3n) is 4.28. The largest absolute Gasteiger partial charge is 0.497 e. The third-order valence-corrected chi connectivity index (χ3v) is 5.46. The summed E-state index contributed by atoms with van der Waals surface area (Å²) in [5.74, 6) is 1.92. The van der Waals surface area contributed by atoms with E-state index in [0.717, 1.165) is 11.4 Å². The fourth-order valence-corrected chi connectivity index (χ4v) is 3.88. The summed E-state index contributed by atoms with van der Waals surface area (Å²) in [6.07, 6.45) is 0.669. The van der Waals surface area contributed by atoms with Crippen molar-refractivity contribution in [2.45, 2.75) is 23.4 Å². The fourth-order valence-electron chi connectivity index (χ4n) is 2.84. The minimum Gasteiger partial charge on any atom is -0.497 e. The second-order valence-corrected chi connectivity index (χ2v) is 7.27. The Bertz CT molecular complexity index is 944. The van der Waals surface area contributed by atoms with Crippen LogP contribution in [0.4, 0.5) is 0 Å². The molecule has 7 nitrogen and oxygen atoms in total. The minimum absolute atomic E-state index is 0.205. The Morgan fingerprint density at radius 3 is 2.54 bits per heavy atom. The number of hydrogen-bond acceptors (Lipinski definition) is 7. The van der Waals surface area contributed by atoms with E-state index in [2.05, 4.69) is 10.2 Å². The highest BCUT2D eigenvalue weighted by Crippen LogP contribution is 2.31. The summed E-state index contributed by atoms with van der Waals surface area (Å²) in [5, 5.41) is 8.98. The Hall–Kier alpha value is -3.00. The zero-order valence-electron chi connectivity index (χ0n) is 15.3. The van der Waals surface area contributed by atoms with Gasteiger partial charge in [0.15, 0.2) is 11.0 Å². The van der Waals surface area contributed by atoms with Gasteiger partial charge in [-0.05, 0) is 36.4 Å². The van der Waals surface area contributed by atoms with E-state index in [1.54, 1.807) is 7.11 Å². The number of cyclic esters (lactones) is 1. The molecule has 1 aliphatic rings. The molecule has 0 spiro atoms.